The summed E-state index contributed by atoms with van der Waals surface area (Å²) in [6.07, 6.45) is 5.39. The van der Waals surface area contributed by atoms with Crippen LogP contribution < -0.4 is 10.6 Å². The lowest BCUT2D eigenvalue weighted by molar-refractivity contribution is 0.262. The third-order valence-electron chi connectivity index (χ3n) is 3.90. The van der Waals surface area contributed by atoms with Gasteiger partial charge in [-0.15, -0.1) is 0 Å². The standard InChI is InChI=1S/C18H18BrN5O/c1-12(24-10-9-20-13(24)2)14-3-6-16(7-4-14)22-18(25)23-17-8-5-15(19)11-21-17/h3-12H,1-2H3,(H2,21,22,23,25)/t12-/m1/s1. The second-order valence-electron chi connectivity index (χ2n) is 5.62. The average molecular weight is 400 g/mol. The first-order chi connectivity index (χ1) is 12.0. The van der Waals surface area contributed by atoms with Crippen molar-refractivity contribution in [3.05, 3.63) is 70.8 Å². The number of imidazole rings is 1. The SMILES string of the molecule is Cc1nccn1[C@H](C)c1ccc(NC(=O)Nc2ccc(Br)cn2)cc1. The Hall–Kier alpha value is -2.67. The lowest BCUT2D eigenvalue weighted by Gasteiger charge is -2.16. The van der Waals surface area contributed by atoms with Crippen molar-refractivity contribution in [1.82, 2.24) is 14.5 Å². The molecule has 0 unspecified atom stereocenters. The maximum absolute atomic E-state index is 12.0. The van der Waals surface area contributed by atoms with E-state index in [9.17, 15) is 4.79 Å². The van der Waals surface area contributed by atoms with Crippen LogP contribution in [0.1, 0.15) is 24.4 Å². The minimum absolute atomic E-state index is 0.178. The van der Waals surface area contributed by atoms with Crippen LogP contribution in [-0.4, -0.2) is 20.6 Å². The molecule has 128 valence electrons. The number of rotatable bonds is 4. The second kappa shape index (κ2) is 7.48. The first-order valence-corrected chi connectivity index (χ1v) is 8.61. The van der Waals surface area contributed by atoms with E-state index < -0.39 is 0 Å². The molecule has 7 heteroatoms. The molecule has 3 rings (SSSR count). The fraction of sp³-hybridized carbons (Fsp3) is 0.167. The highest BCUT2D eigenvalue weighted by molar-refractivity contribution is 9.10. The molecule has 0 bridgehead atoms. The summed E-state index contributed by atoms with van der Waals surface area (Å²) in [4.78, 5) is 20.4. The van der Waals surface area contributed by atoms with Crippen LogP contribution in [0.4, 0.5) is 16.3 Å². The van der Waals surface area contributed by atoms with E-state index in [1.165, 1.54) is 0 Å². The van der Waals surface area contributed by atoms with Gasteiger partial charge in [0.1, 0.15) is 11.6 Å². The number of carbonyl (C=O) groups is 1. The first-order valence-electron chi connectivity index (χ1n) is 7.82. The minimum atomic E-state index is -0.332. The number of nitrogens with zero attached hydrogens (tertiary/aromatic N) is 3. The molecule has 2 aromatic heterocycles. The van der Waals surface area contributed by atoms with Crippen LogP contribution in [0.2, 0.25) is 0 Å². The van der Waals surface area contributed by atoms with Crippen molar-refractivity contribution >= 4 is 33.5 Å². The number of hydrogen-bond acceptors (Lipinski definition) is 3. The molecule has 25 heavy (non-hydrogen) atoms. The third-order valence-corrected chi connectivity index (χ3v) is 4.37. The molecule has 0 aliphatic carbocycles. The quantitative estimate of drug-likeness (QED) is 0.672. The summed E-state index contributed by atoms with van der Waals surface area (Å²) in [5.74, 6) is 1.46. The van der Waals surface area contributed by atoms with Crippen molar-refractivity contribution in [3.63, 3.8) is 0 Å². The highest BCUT2D eigenvalue weighted by Crippen LogP contribution is 2.21. The zero-order valence-corrected chi connectivity index (χ0v) is 15.5. The Bertz CT molecular complexity index is 858. The molecule has 2 heterocycles. The van der Waals surface area contributed by atoms with Gasteiger partial charge in [-0.25, -0.2) is 14.8 Å². The normalized spacial score (nSPS) is 11.8. The summed E-state index contributed by atoms with van der Waals surface area (Å²) in [5, 5.41) is 5.49. The van der Waals surface area contributed by atoms with Crippen molar-refractivity contribution < 1.29 is 4.79 Å². The highest BCUT2D eigenvalue weighted by Gasteiger charge is 2.10. The van der Waals surface area contributed by atoms with Crippen LogP contribution >= 0.6 is 15.9 Å². The van der Waals surface area contributed by atoms with Crippen LogP contribution in [-0.2, 0) is 0 Å². The van der Waals surface area contributed by atoms with Crippen molar-refractivity contribution in [2.45, 2.75) is 19.9 Å². The number of halogens is 1. The van der Waals surface area contributed by atoms with E-state index in [4.69, 9.17) is 0 Å². The Morgan fingerprint density at radius 3 is 2.48 bits per heavy atom. The number of anilines is 2. The van der Waals surface area contributed by atoms with Gasteiger partial charge in [-0.2, -0.15) is 0 Å². The largest absolute Gasteiger partial charge is 0.328 e. The number of nitrogens with one attached hydrogen (secondary N) is 2. The number of aryl methyl sites for hydroxylation is 1. The number of carbonyl (C=O) groups excluding carboxylic acids is 1. The lowest BCUT2D eigenvalue weighted by atomic mass is 10.1. The molecule has 2 amide bonds. The van der Waals surface area contributed by atoms with Gasteiger partial charge in [-0.05, 0) is 59.6 Å². The van der Waals surface area contributed by atoms with Crippen LogP contribution in [0.3, 0.4) is 0 Å². The van der Waals surface area contributed by atoms with Gasteiger partial charge in [0.05, 0.1) is 6.04 Å². The second-order valence-corrected chi connectivity index (χ2v) is 6.54. The molecule has 1 atom stereocenters. The van der Waals surface area contributed by atoms with E-state index in [2.05, 4.69) is 48.0 Å². The molecular formula is C18H18BrN5O. The zero-order chi connectivity index (χ0) is 17.8. The van der Waals surface area contributed by atoms with Crippen LogP contribution in [0.15, 0.2) is 59.5 Å². The van der Waals surface area contributed by atoms with Crippen LogP contribution in [0.5, 0.6) is 0 Å². The summed E-state index contributed by atoms with van der Waals surface area (Å²) in [6.45, 7) is 4.09. The number of urea groups is 1. The van der Waals surface area contributed by atoms with E-state index in [-0.39, 0.29) is 12.1 Å². The van der Waals surface area contributed by atoms with Gasteiger partial charge in [0.2, 0.25) is 0 Å². The number of pyridine rings is 1. The maximum Gasteiger partial charge on any atom is 0.324 e. The highest BCUT2D eigenvalue weighted by atomic mass is 79.9. The number of benzene rings is 1. The van der Waals surface area contributed by atoms with Crippen molar-refractivity contribution in [2.75, 3.05) is 10.6 Å². The molecule has 0 fully saturated rings. The van der Waals surface area contributed by atoms with Crippen molar-refractivity contribution in [3.8, 4) is 0 Å². The Balaban J connectivity index is 1.63. The zero-order valence-electron chi connectivity index (χ0n) is 13.9. The molecule has 6 nitrogen and oxygen atoms in total. The van der Waals surface area contributed by atoms with Gasteiger partial charge in [0, 0.05) is 28.8 Å². The van der Waals surface area contributed by atoms with Gasteiger partial charge >= 0.3 is 6.03 Å². The van der Waals surface area contributed by atoms with Gasteiger partial charge in [0.25, 0.3) is 0 Å². The van der Waals surface area contributed by atoms with Crippen LogP contribution in [0.25, 0.3) is 0 Å². The molecule has 2 N–H and O–H groups in total. The topological polar surface area (TPSA) is 71.8 Å². The monoisotopic (exact) mass is 399 g/mol. The smallest absolute Gasteiger partial charge is 0.324 e. The van der Waals surface area contributed by atoms with Crippen LogP contribution in [0, 0.1) is 6.92 Å². The average Bonchev–Trinajstić information content (AvgIpc) is 3.03. The van der Waals surface area contributed by atoms with E-state index >= 15 is 0 Å². The predicted octanol–water partition coefficient (Wildman–Crippen LogP) is 4.60. The van der Waals surface area contributed by atoms with E-state index in [0.29, 0.717) is 11.5 Å². The first kappa shape index (κ1) is 17.2. The van der Waals surface area contributed by atoms with E-state index in [0.717, 1.165) is 15.9 Å². The summed E-state index contributed by atoms with van der Waals surface area (Å²) in [7, 11) is 0. The lowest BCUT2D eigenvalue weighted by Crippen LogP contribution is -2.20. The number of amides is 2. The maximum atomic E-state index is 12.0. The molecule has 0 radical (unpaired) electrons. The van der Waals surface area contributed by atoms with Crippen molar-refractivity contribution in [1.29, 1.82) is 0 Å². The Morgan fingerprint density at radius 1 is 1.12 bits per heavy atom. The Kier molecular flexibility index (Phi) is 5.14. The van der Waals surface area contributed by atoms with Gasteiger partial charge < -0.3 is 9.88 Å². The molecule has 0 saturated carbocycles. The fourth-order valence-corrected chi connectivity index (χ4v) is 2.77. The van der Waals surface area contributed by atoms with Crippen molar-refractivity contribution in [2.24, 2.45) is 0 Å². The molecule has 0 aliphatic heterocycles. The summed E-state index contributed by atoms with van der Waals surface area (Å²) >= 11 is 3.31. The third kappa shape index (κ3) is 4.24. The Labute approximate surface area is 154 Å². The minimum Gasteiger partial charge on any atom is -0.328 e. The molecule has 3 aromatic rings. The number of aromatic nitrogens is 3. The van der Waals surface area contributed by atoms with Gasteiger partial charge in [-0.3, -0.25) is 5.32 Å². The van der Waals surface area contributed by atoms with E-state index in [1.54, 1.807) is 18.5 Å². The Morgan fingerprint density at radius 2 is 1.88 bits per heavy atom. The number of hydrogen-bond donors (Lipinski definition) is 2. The molecule has 0 aliphatic rings. The van der Waals surface area contributed by atoms with Gasteiger partial charge in [-0.1, -0.05) is 12.1 Å². The van der Waals surface area contributed by atoms with E-state index in [1.807, 2.05) is 43.5 Å². The molecular weight excluding hydrogens is 382 g/mol. The summed E-state index contributed by atoms with van der Waals surface area (Å²) < 4.78 is 2.96. The fourth-order valence-electron chi connectivity index (χ4n) is 2.53. The predicted molar refractivity (Wildman–Crippen MR) is 102 cm³/mol. The van der Waals surface area contributed by atoms with Gasteiger partial charge in [0.15, 0.2) is 0 Å². The summed E-state index contributed by atoms with van der Waals surface area (Å²) in [5.41, 5.74) is 1.86. The molecule has 0 saturated heterocycles. The molecule has 0 spiro atoms. The summed E-state index contributed by atoms with van der Waals surface area (Å²) in [6, 6.07) is 11.1. The molecule has 1 aromatic carbocycles.